The van der Waals surface area contributed by atoms with E-state index in [1.165, 1.54) is 31.2 Å². The number of aryl methyl sites for hydroxylation is 1. The molecule has 0 heterocycles. The average molecular weight is 336 g/mol. The summed E-state index contributed by atoms with van der Waals surface area (Å²) < 4.78 is 0. The smallest absolute Gasteiger partial charge is 0.336 e. The van der Waals surface area contributed by atoms with Crippen molar-refractivity contribution in [3.63, 3.8) is 0 Å². The number of aromatic carboxylic acids is 1. The Morgan fingerprint density at radius 3 is 2.40 bits per heavy atom. The van der Waals surface area contributed by atoms with E-state index in [9.17, 15) is 19.6 Å². The van der Waals surface area contributed by atoms with E-state index in [0.717, 1.165) is 5.56 Å². The van der Waals surface area contributed by atoms with Gasteiger partial charge in [0.05, 0.1) is 22.8 Å². The normalized spacial score (nSPS) is 9.92. The largest absolute Gasteiger partial charge is 0.478 e. The molecule has 0 radical (unpaired) electrons. The van der Waals surface area contributed by atoms with E-state index in [1.54, 1.807) is 18.2 Å². The number of carboxylic acids is 1. The Kier molecular flexibility index (Phi) is 5.64. The Hall–Kier alpha value is -3.46. The van der Waals surface area contributed by atoms with Crippen molar-refractivity contribution in [1.82, 2.24) is 0 Å². The van der Waals surface area contributed by atoms with Gasteiger partial charge in [-0.3, -0.25) is 4.79 Å². The topological polar surface area (TPSA) is 107 Å². The number of Topliss-reactive ketones (excluding diaryl/α,β-unsaturated/α-hetero) is 1. The number of nitrogens with zero attached hydrogens (tertiary/aromatic N) is 1. The van der Waals surface area contributed by atoms with Crippen LogP contribution >= 0.6 is 0 Å². The van der Waals surface area contributed by atoms with E-state index >= 15 is 0 Å². The third kappa shape index (κ3) is 4.52. The first-order valence-corrected chi connectivity index (χ1v) is 7.58. The highest BCUT2D eigenvalue weighted by molar-refractivity contribution is 6.10. The highest BCUT2D eigenvalue weighted by atomic mass is 16.4. The minimum atomic E-state index is -1.19. The van der Waals surface area contributed by atoms with Gasteiger partial charge in [-0.05, 0) is 43.2 Å². The quantitative estimate of drug-likeness (QED) is 0.843. The summed E-state index contributed by atoms with van der Waals surface area (Å²) >= 11 is 0. The van der Waals surface area contributed by atoms with Crippen LogP contribution in [0.1, 0.15) is 45.2 Å². The zero-order valence-corrected chi connectivity index (χ0v) is 13.6. The van der Waals surface area contributed by atoms with E-state index in [1.807, 2.05) is 6.07 Å². The molecule has 2 aromatic rings. The number of carbonyl (C=O) groups is 3. The molecule has 6 heteroatoms. The van der Waals surface area contributed by atoms with E-state index < -0.39 is 11.9 Å². The van der Waals surface area contributed by atoms with Crippen molar-refractivity contribution < 1.29 is 19.5 Å². The van der Waals surface area contributed by atoms with Crippen molar-refractivity contribution in [2.24, 2.45) is 0 Å². The molecule has 25 heavy (non-hydrogen) atoms. The second-order valence-corrected chi connectivity index (χ2v) is 5.49. The number of amides is 1. The van der Waals surface area contributed by atoms with E-state index in [-0.39, 0.29) is 16.9 Å². The number of benzene rings is 2. The van der Waals surface area contributed by atoms with Crippen molar-refractivity contribution in [3.05, 3.63) is 64.7 Å². The molecule has 2 N–H and O–H groups in total. The van der Waals surface area contributed by atoms with Crippen LogP contribution in [0.4, 0.5) is 5.69 Å². The maximum absolute atomic E-state index is 12.3. The van der Waals surface area contributed by atoms with Gasteiger partial charge in [-0.25, -0.2) is 4.79 Å². The van der Waals surface area contributed by atoms with Gasteiger partial charge in [0.25, 0.3) is 5.91 Å². The zero-order chi connectivity index (χ0) is 18.4. The Morgan fingerprint density at radius 1 is 1.12 bits per heavy atom. The Bertz CT molecular complexity index is 881. The third-order valence-corrected chi connectivity index (χ3v) is 3.64. The van der Waals surface area contributed by atoms with Gasteiger partial charge in [0.15, 0.2) is 0 Å². The molecule has 0 atom stereocenters. The number of nitriles is 1. The van der Waals surface area contributed by atoms with Gasteiger partial charge in [-0.2, -0.15) is 5.26 Å². The van der Waals surface area contributed by atoms with Crippen LogP contribution in [-0.4, -0.2) is 22.8 Å². The Morgan fingerprint density at radius 2 is 1.80 bits per heavy atom. The standard InChI is InChI=1S/C19H16N2O4/c1-12(22)6-7-13-8-9-15(10-14(13)11-20)21-18(23)16-4-2-3-5-17(16)19(24)25/h2-5,8-10H,6-7H2,1H3,(H,21,23)(H,24,25). The molecule has 1 amide bonds. The summed E-state index contributed by atoms with van der Waals surface area (Å²) in [7, 11) is 0. The predicted molar refractivity (Wildman–Crippen MR) is 91.5 cm³/mol. The monoisotopic (exact) mass is 336 g/mol. The number of rotatable bonds is 6. The number of carboxylic acid groups (broad SMARTS) is 1. The summed E-state index contributed by atoms with van der Waals surface area (Å²) in [4.78, 5) is 34.6. The highest BCUT2D eigenvalue weighted by Gasteiger charge is 2.16. The summed E-state index contributed by atoms with van der Waals surface area (Å²) in [5.74, 6) is -1.73. The molecular formula is C19H16N2O4. The molecule has 6 nitrogen and oxygen atoms in total. The van der Waals surface area contributed by atoms with Crippen LogP contribution < -0.4 is 5.32 Å². The van der Waals surface area contributed by atoms with Crippen LogP contribution in [0.25, 0.3) is 0 Å². The molecule has 126 valence electrons. The molecule has 0 aliphatic rings. The third-order valence-electron chi connectivity index (χ3n) is 3.64. The molecular weight excluding hydrogens is 320 g/mol. The molecule has 0 saturated carbocycles. The number of carbonyl (C=O) groups excluding carboxylic acids is 2. The molecule has 0 spiro atoms. The van der Waals surface area contributed by atoms with E-state index in [0.29, 0.717) is 24.1 Å². The van der Waals surface area contributed by atoms with Gasteiger partial charge in [0.2, 0.25) is 0 Å². The van der Waals surface area contributed by atoms with Crippen LogP contribution in [0.3, 0.4) is 0 Å². The molecule has 0 fully saturated rings. The minimum Gasteiger partial charge on any atom is -0.478 e. The van der Waals surface area contributed by atoms with Gasteiger partial charge in [-0.15, -0.1) is 0 Å². The second-order valence-electron chi connectivity index (χ2n) is 5.49. The lowest BCUT2D eigenvalue weighted by molar-refractivity contribution is -0.116. The summed E-state index contributed by atoms with van der Waals surface area (Å²) in [6, 6.07) is 12.7. The molecule has 0 aromatic heterocycles. The van der Waals surface area contributed by atoms with Crippen molar-refractivity contribution in [1.29, 1.82) is 5.26 Å². The first-order chi connectivity index (χ1) is 11.9. The van der Waals surface area contributed by atoms with Gasteiger partial charge in [0, 0.05) is 12.1 Å². The molecule has 0 saturated heterocycles. The number of hydrogen-bond donors (Lipinski definition) is 2. The van der Waals surface area contributed by atoms with Gasteiger partial charge in [-0.1, -0.05) is 18.2 Å². The second kappa shape index (κ2) is 7.88. The van der Waals surface area contributed by atoms with Crippen LogP contribution in [0.15, 0.2) is 42.5 Å². The number of hydrogen-bond acceptors (Lipinski definition) is 4. The lowest BCUT2D eigenvalue weighted by Crippen LogP contribution is -2.16. The van der Waals surface area contributed by atoms with Gasteiger partial charge in [0.1, 0.15) is 5.78 Å². The lowest BCUT2D eigenvalue weighted by Gasteiger charge is -2.10. The Balaban J connectivity index is 2.23. The van der Waals surface area contributed by atoms with Crippen molar-refractivity contribution in [2.75, 3.05) is 5.32 Å². The number of anilines is 1. The average Bonchev–Trinajstić information content (AvgIpc) is 2.60. The summed E-state index contributed by atoms with van der Waals surface area (Å²) in [6.07, 6.45) is 0.792. The van der Waals surface area contributed by atoms with Crippen LogP contribution in [-0.2, 0) is 11.2 Å². The molecule has 0 unspecified atom stereocenters. The van der Waals surface area contributed by atoms with Gasteiger partial charge < -0.3 is 15.2 Å². The van der Waals surface area contributed by atoms with E-state index in [4.69, 9.17) is 5.11 Å². The molecule has 0 aliphatic heterocycles. The van der Waals surface area contributed by atoms with Crippen molar-refractivity contribution >= 4 is 23.3 Å². The fourth-order valence-corrected chi connectivity index (χ4v) is 2.35. The number of nitrogens with one attached hydrogen (secondary N) is 1. The first kappa shape index (κ1) is 17.9. The summed E-state index contributed by atoms with van der Waals surface area (Å²) in [5.41, 5.74) is 1.41. The predicted octanol–water partition coefficient (Wildman–Crippen LogP) is 3.03. The fourth-order valence-electron chi connectivity index (χ4n) is 2.35. The molecule has 2 rings (SSSR count). The summed E-state index contributed by atoms with van der Waals surface area (Å²) in [5, 5.41) is 21.0. The van der Waals surface area contributed by atoms with Crippen molar-refractivity contribution in [3.8, 4) is 6.07 Å². The van der Waals surface area contributed by atoms with Crippen LogP contribution in [0.2, 0.25) is 0 Å². The molecule has 0 bridgehead atoms. The summed E-state index contributed by atoms with van der Waals surface area (Å²) in [6.45, 7) is 1.49. The van der Waals surface area contributed by atoms with Crippen LogP contribution in [0.5, 0.6) is 0 Å². The Labute approximate surface area is 144 Å². The van der Waals surface area contributed by atoms with E-state index in [2.05, 4.69) is 5.32 Å². The van der Waals surface area contributed by atoms with Crippen LogP contribution in [0, 0.1) is 11.3 Å². The SMILES string of the molecule is CC(=O)CCc1ccc(NC(=O)c2ccccc2C(=O)O)cc1C#N. The van der Waals surface area contributed by atoms with Crippen molar-refractivity contribution in [2.45, 2.75) is 19.8 Å². The maximum Gasteiger partial charge on any atom is 0.336 e. The molecule has 2 aromatic carbocycles. The number of ketones is 1. The first-order valence-electron chi connectivity index (χ1n) is 7.58. The lowest BCUT2D eigenvalue weighted by atomic mass is 10.0. The maximum atomic E-state index is 12.3. The minimum absolute atomic E-state index is 0.0338. The van der Waals surface area contributed by atoms with Gasteiger partial charge >= 0.3 is 5.97 Å². The zero-order valence-electron chi connectivity index (χ0n) is 13.6. The molecule has 0 aliphatic carbocycles. The fraction of sp³-hybridized carbons (Fsp3) is 0.158. The highest BCUT2D eigenvalue weighted by Crippen LogP contribution is 2.19.